The zero-order valence-corrected chi connectivity index (χ0v) is 12.3. The van der Waals surface area contributed by atoms with E-state index in [4.69, 9.17) is 4.74 Å². The number of piperidine rings is 1. The molecule has 104 valence electrons. The summed E-state index contributed by atoms with van der Waals surface area (Å²) in [6, 6.07) is 6.33. The van der Waals surface area contributed by atoms with Gasteiger partial charge in [0.15, 0.2) is 0 Å². The van der Waals surface area contributed by atoms with Crippen LogP contribution in [0.3, 0.4) is 0 Å². The van der Waals surface area contributed by atoms with Gasteiger partial charge in [-0.05, 0) is 63.8 Å². The largest absolute Gasteiger partial charge is 0.496 e. The number of benzene rings is 1. The predicted molar refractivity (Wildman–Crippen MR) is 76.7 cm³/mol. The third-order valence-electron chi connectivity index (χ3n) is 4.07. The first-order valence-electron chi connectivity index (χ1n) is 7.02. The van der Waals surface area contributed by atoms with E-state index < -0.39 is 0 Å². The van der Waals surface area contributed by atoms with Crippen LogP contribution in [0.25, 0.3) is 0 Å². The number of hydrogen-bond donors (Lipinski definition) is 0. The van der Waals surface area contributed by atoms with Crippen LogP contribution in [0.4, 0.5) is 0 Å². The van der Waals surface area contributed by atoms with Gasteiger partial charge >= 0.3 is 0 Å². The molecule has 0 N–H and O–H groups in total. The number of carbonyl (C=O) groups excluding carboxylic acids is 1. The van der Waals surface area contributed by atoms with Crippen LogP contribution in [-0.4, -0.2) is 30.0 Å². The Morgan fingerprint density at radius 2 is 1.89 bits per heavy atom. The fourth-order valence-electron chi connectivity index (χ4n) is 2.98. The summed E-state index contributed by atoms with van der Waals surface area (Å²) in [5.41, 5.74) is 1.77. The lowest BCUT2D eigenvalue weighted by atomic mass is 9.96. The molecule has 1 saturated heterocycles. The Labute approximate surface area is 115 Å². The zero-order valence-electron chi connectivity index (χ0n) is 12.3. The van der Waals surface area contributed by atoms with Gasteiger partial charge in [-0.3, -0.25) is 4.79 Å². The Balaban J connectivity index is 2.25. The quantitative estimate of drug-likeness (QED) is 0.816. The fourth-order valence-corrected chi connectivity index (χ4v) is 2.98. The van der Waals surface area contributed by atoms with E-state index in [-0.39, 0.29) is 5.91 Å². The summed E-state index contributed by atoms with van der Waals surface area (Å²) in [7, 11) is 1.65. The van der Waals surface area contributed by atoms with E-state index in [1.807, 2.05) is 30.0 Å². The average Bonchev–Trinajstić information content (AvgIpc) is 2.38. The second-order valence-electron chi connectivity index (χ2n) is 5.53. The van der Waals surface area contributed by atoms with Gasteiger partial charge in [0.05, 0.1) is 7.11 Å². The van der Waals surface area contributed by atoms with E-state index >= 15 is 0 Å². The van der Waals surface area contributed by atoms with Crippen LogP contribution in [0, 0.1) is 6.92 Å². The van der Waals surface area contributed by atoms with Crippen molar-refractivity contribution in [2.45, 2.75) is 52.1 Å². The molecule has 1 aromatic carbocycles. The van der Waals surface area contributed by atoms with Crippen LogP contribution in [0.2, 0.25) is 0 Å². The van der Waals surface area contributed by atoms with Crippen LogP contribution < -0.4 is 4.74 Å². The summed E-state index contributed by atoms with van der Waals surface area (Å²) in [4.78, 5) is 14.7. The van der Waals surface area contributed by atoms with E-state index in [1.54, 1.807) is 7.11 Å². The van der Waals surface area contributed by atoms with Gasteiger partial charge in [-0.2, -0.15) is 0 Å². The minimum absolute atomic E-state index is 0.144. The maximum Gasteiger partial charge on any atom is 0.254 e. The molecule has 1 aliphatic heterocycles. The lowest BCUT2D eigenvalue weighted by molar-refractivity contribution is 0.0510. The number of amides is 1. The monoisotopic (exact) mass is 261 g/mol. The highest BCUT2D eigenvalue weighted by Gasteiger charge is 2.29. The molecule has 2 unspecified atom stereocenters. The van der Waals surface area contributed by atoms with Crippen molar-refractivity contribution in [2.75, 3.05) is 7.11 Å². The molecular formula is C16H23NO2. The van der Waals surface area contributed by atoms with Gasteiger partial charge in [0.25, 0.3) is 5.91 Å². The molecule has 2 atom stereocenters. The number of nitrogens with zero attached hydrogens (tertiary/aromatic N) is 1. The molecular weight excluding hydrogens is 238 g/mol. The van der Waals surface area contributed by atoms with Crippen molar-refractivity contribution in [3.05, 3.63) is 29.3 Å². The van der Waals surface area contributed by atoms with Gasteiger partial charge in [0.2, 0.25) is 0 Å². The number of likely N-dealkylation sites (tertiary alicyclic amines) is 1. The zero-order chi connectivity index (χ0) is 14.0. The lowest BCUT2D eigenvalue weighted by Crippen LogP contribution is -2.47. The van der Waals surface area contributed by atoms with E-state index in [1.165, 1.54) is 6.42 Å². The molecule has 0 bridgehead atoms. The molecule has 0 saturated carbocycles. The Hall–Kier alpha value is -1.51. The van der Waals surface area contributed by atoms with Gasteiger partial charge in [0, 0.05) is 17.6 Å². The Kier molecular flexibility index (Phi) is 4.13. The van der Waals surface area contributed by atoms with E-state index in [0.717, 1.165) is 29.7 Å². The maximum atomic E-state index is 12.7. The average molecular weight is 261 g/mol. The van der Waals surface area contributed by atoms with Crippen molar-refractivity contribution in [1.29, 1.82) is 0 Å². The minimum atomic E-state index is 0.144. The van der Waals surface area contributed by atoms with Crippen molar-refractivity contribution >= 4 is 5.91 Å². The van der Waals surface area contributed by atoms with Crippen LogP contribution in [0.15, 0.2) is 18.2 Å². The first-order valence-corrected chi connectivity index (χ1v) is 7.02. The number of carbonyl (C=O) groups is 1. The topological polar surface area (TPSA) is 29.5 Å². The van der Waals surface area contributed by atoms with Crippen LogP contribution >= 0.6 is 0 Å². The second kappa shape index (κ2) is 5.64. The van der Waals surface area contributed by atoms with Crippen LogP contribution in [0.5, 0.6) is 5.75 Å². The normalized spacial score (nSPS) is 23.3. The summed E-state index contributed by atoms with van der Waals surface area (Å²) >= 11 is 0. The predicted octanol–water partition coefficient (Wildman–Crippen LogP) is 3.41. The van der Waals surface area contributed by atoms with Gasteiger partial charge < -0.3 is 9.64 Å². The summed E-state index contributed by atoms with van der Waals surface area (Å²) in [6.07, 6.45) is 3.42. The molecule has 3 nitrogen and oxygen atoms in total. The molecule has 1 fully saturated rings. The molecule has 0 radical (unpaired) electrons. The third kappa shape index (κ3) is 2.75. The van der Waals surface area contributed by atoms with Gasteiger partial charge in [0.1, 0.15) is 5.75 Å². The summed E-state index contributed by atoms with van der Waals surface area (Å²) in [5, 5.41) is 0. The molecule has 1 aromatic rings. The highest BCUT2D eigenvalue weighted by atomic mass is 16.5. The van der Waals surface area contributed by atoms with Crippen molar-refractivity contribution in [3.63, 3.8) is 0 Å². The molecule has 1 heterocycles. The van der Waals surface area contributed by atoms with E-state index in [0.29, 0.717) is 12.1 Å². The Bertz CT molecular complexity index is 460. The summed E-state index contributed by atoms with van der Waals surface area (Å²) in [5.74, 6) is 0.974. The molecule has 19 heavy (non-hydrogen) atoms. The first-order chi connectivity index (χ1) is 9.04. The molecule has 1 aliphatic rings. The van der Waals surface area contributed by atoms with Crippen molar-refractivity contribution in [2.24, 2.45) is 0 Å². The smallest absolute Gasteiger partial charge is 0.254 e. The van der Waals surface area contributed by atoms with Gasteiger partial charge in [-0.25, -0.2) is 0 Å². The number of ether oxygens (including phenoxy) is 1. The van der Waals surface area contributed by atoms with Crippen molar-refractivity contribution in [3.8, 4) is 5.75 Å². The van der Waals surface area contributed by atoms with E-state index in [2.05, 4.69) is 13.8 Å². The maximum absolute atomic E-state index is 12.7. The SMILES string of the molecule is COc1ccc(C(=O)N2C(C)CCCC2C)cc1C. The Morgan fingerprint density at radius 1 is 1.26 bits per heavy atom. The highest BCUT2D eigenvalue weighted by molar-refractivity contribution is 5.95. The van der Waals surface area contributed by atoms with Crippen molar-refractivity contribution in [1.82, 2.24) is 4.90 Å². The van der Waals surface area contributed by atoms with Crippen molar-refractivity contribution < 1.29 is 9.53 Å². The van der Waals surface area contributed by atoms with Gasteiger partial charge in [-0.1, -0.05) is 0 Å². The minimum Gasteiger partial charge on any atom is -0.496 e. The Morgan fingerprint density at radius 3 is 2.42 bits per heavy atom. The number of hydrogen-bond acceptors (Lipinski definition) is 2. The van der Waals surface area contributed by atoms with E-state index in [9.17, 15) is 4.79 Å². The van der Waals surface area contributed by atoms with Crippen LogP contribution in [-0.2, 0) is 0 Å². The fraction of sp³-hybridized carbons (Fsp3) is 0.562. The third-order valence-corrected chi connectivity index (χ3v) is 4.07. The van der Waals surface area contributed by atoms with Gasteiger partial charge in [-0.15, -0.1) is 0 Å². The molecule has 1 amide bonds. The highest BCUT2D eigenvalue weighted by Crippen LogP contribution is 2.26. The second-order valence-corrected chi connectivity index (χ2v) is 5.53. The molecule has 0 spiro atoms. The summed E-state index contributed by atoms with van der Waals surface area (Å²) in [6.45, 7) is 6.26. The molecule has 3 heteroatoms. The standard InChI is InChI=1S/C16H23NO2/c1-11-10-14(8-9-15(11)19-4)16(18)17-12(2)6-5-7-13(17)3/h8-10,12-13H,5-7H2,1-4H3. The molecule has 2 rings (SSSR count). The molecule has 0 aromatic heterocycles. The lowest BCUT2D eigenvalue weighted by Gasteiger charge is -2.39. The number of rotatable bonds is 2. The number of aryl methyl sites for hydroxylation is 1. The number of methoxy groups -OCH3 is 1. The summed E-state index contributed by atoms with van der Waals surface area (Å²) < 4.78 is 5.24. The van der Waals surface area contributed by atoms with Crippen LogP contribution in [0.1, 0.15) is 49.0 Å². The first kappa shape index (κ1) is 13.9. The molecule has 0 aliphatic carbocycles.